The molecule has 34 heavy (non-hydrogen) atoms. The third-order valence-corrected chi connectivity index (χ3v) is 5.95. The normalized spacial score (nSPS) is 13.4. The summed E-state index contributed by atoms with van der Waals surface area (Å²) in [7, 11) is 1.87. The molecule has 0 spiro atoms. The van der Waals surface area contributed by atoms with Crippen molar-refractivity contribution in [2.24, 2.45) is 5.73 Å². The number of benzene rings is 2. The maximum Gasteiger partial charge on any atom is 0.235 e. The van der Waals surface area contributed by atoms with E-state index in [1.54, 1.807) is 0 Å². The SMILES string of the molecule is C=C(N)N(C)C(=C)[C@@](C)(c1ccc(C)c(CC)c1)c1ccc(C)c(OCC(C)F)c1.CC(F)F. The predicted molar refractivity (Wildman–Crippen MR) is 136 cm³/mol. The Kier molecular flexibility index (Phi) is 10.7. The summed E-state index contributed by atoms with van der Waals surface area (Å²) in [5.74, 6) is 1.09. The molecule has 0 saturated heterocycles. The summed E-state index contributed by atoms with van der Waals surface area (Å²) in [6.45, 7) is 19.0. The van der Waals surface area contributed by atoms with Crippen molar-refractivity contribution < 1.29 is 17.9 Å². The lowest BCUT2D eigenvalue weighted by atomic mass is 9.72. The Balaban J connectivity index is 0.00000133. The van der Waals surface area contributed by atoms with Crippen LogP contribution in [0.15, 0.2) is 61.1 Å². The van der Waals surface area contributed by atoms with Crippen LogP contribution in [0.2, 0.25) is 0 Å². The molecule has 0 aliphatic heterocycles. The number of aryl methyl sites for hydroxylation is 3. The topological polar surface area (TPSA) is 38.5 Å². The van der Waals surface area contributed by atoms with Crippen molar-refractivity contribution in [3.8, 4) is 5.75 Å². The first-order valence-electron chi connectivity index (χ1n) is 11.4. The van der Waals surface area contributed by atoms with E-state index in [1.165, 1.54) is 18.1 Å². The summed E-state index contributed by atoms with van der Waals surface area (Å²) >= 11 is 0. The van der Waals surface area contributed by atoms with Crippen LogP contribution in [0, 0.1) is 13.8 Å². The van der Waals surface area contributed by atoms with Crippen LogP contribution in [0.1, 0.15) is 55.5 Å². The van der Waals surface area contributed by atoms with Gasteiger partial charge in [0.25, 0.3) is 0 Å². The summed E-state index contributed by atoms with van der Waals surface area (Å²) < 4.78 is 39.8. The lowest BCUT2D eigenvalue weighted by molar-refractivity contribution is 0.171. The second-order valence-electron chi connectivity index (χ2n) is 8.71. The van der Waals surface area contributed by atoms with E-state index in [2.05, 4.69) is 58.2 Å². The van der Waals surface area contributed by atoms with Gasteiger partial charge in [0.1, 0.15) is 18.5 Å². The average molecular weight is 477 g/mol. The number of hydrogen-bond acceptors (Lipinski definition) is 3. The van der Waals surface area contributed by atoms with Crippen molar-refractivity contribution in [2.45, 2.75) is 66.0 Å². The fourth-order valence-corrected chi connectivity index (χ4v) is 3.64. The smallest absolute Gasteiger partial charge is 0.235 e. The van der Waals surface area contributed by atoms with Crippen LogP contribution in [0.25, 0.3) is 0 Å². The molecule has 2 N–H and O–H groups in total. The highest BCUT2D eigenvalue weighted by Crippen LogP contribution is 2.42. The number of allylic oxidation sites excluding steroid dienone is 1. The van der Waals surface area contributed by atoms with Gasteiger partial charge in [0.2, 0.25) is 6.43 Å². The Hall–Kier alpha value is -2.89. The molecule has 0 aliphatic rings. The molecule has 0 bridgehead atoms. The van der Waals surface area contributed by atoms with E-state index < -0.39 is 18.0 Å². The fourth-order valence-electron chi connectivity index (χ4n) is 3.64. The highest BCUT2D eigenvalue weighted by atomic mass is 19.3. The maximum atomic E-state index is 13.4. The van der Waals surface area contributed by atoms with Crippen molar-refractivity contribution in [3.05, 3.63) is 88.9 Å². The number of hydrogen-bond donors (Lipinski definition) is 1. The molecule has 0 aliphatic carbocycles. The Morgan fingerprint density at radius 1 is 1.03 bits per heavy atom. The zero-order chi connectivity index (χ0) is 26.2. The molecule has 0 aromatic heterocycles. The van der Waals surface area contributed by atoms with Crippen molar-refractivity contribution in [2.75, 3.05) is 13.7 Å². The van der Waals surface area contributed by atoms with Gasteiger partial charge in [-0.25, -0.2) is 13.2 Å². The molecule has 188 valence electrons. The summed E-state index contributed by atoms with van der Waals surface area (Å²) in [6.07, 6.45) is -2.26. The van der Waals surface area contributed by atoms with Gasteiger partial charge in [0, 0.05) is 12.7 Å². The number of alkyl halides is 3. The second kappa shape index (κ2) is 12.5. The van der Waals surface area contributed by atoms with E-state index >= 15 is 0 Å². The third kappa shape index (κ3) is 7.31. The van der Waals surface area contributed by atoms with Gasteiger partial charge in [0.05, 0.1) is 11.2 Å². The maximum absolute atomic E-state index is 13.4. The Morgan fingerprint density at radius 2 is 1.53 bits per heavy atom. The average Bonchev–Trinajstić information content (AvgIpc) is 2.76. The molecule has 3 nitrogen and oxygen atoms in total. The van der Waals surface area contributed by atoms with E-state index in [4.69, 9.17) is 10.5 Å². The van der Waals surface area contributed by atoms with Crippen LogP contribution in [0.5, 0.6) is 5.75 Å². The van der Waals surface area contributed by atoms with Crippen LogP contribution in [-0.4, -0.2) is 31.2 Å². The lowest BCUT2D eigenvalue weighted by Gasteiger charge is -2.39. The zero-order valence-electron chi connectivity index (χ0n) is 21.5. The van der Waals surface area contributed by atoms with Gasteiger partial charge < -0.3 is 15.4 Å². The molecule has 0 saturated carbocycles. The Bertz CT molecular complexity index is 985. The van der Waals surface area contributed by atoms with Gasteiger partial charge in [-0.15, -0.1) is 0 Å². The lowest BCUT2D eigenvalue weighted by Crippen LogP contribution is -2.36. The molecule has 6 heteroatoms. The Morgan fingerprint density at radius 3 is 2.00 bits per heavy atom. The molecule has 0 fully saturated rings. The van der Waals surface area contributed by atoms with Crippen molar-refractivity contribution >= 4 is 0 Å². The first-order valence-corrected chi connectivity index (χ1v) is 11.4. The second-order valence-corrected chi connectivity index (χ2v) is 8.71. The molecule has 0 amide bonds. The van der Waals surface area contributed by atoms with Crippen LogP contribution >= 0.6 is 0 Å². The molecule has 2 rings (SSSR count). The summed E-state index contributed by atoms with van der Waals surface area (Å²) in [4.78, 5) is 1.81. The molecule has 2 aromatic rings. The summed E-state index contributed by atoms with van der Waals surface area (Å²) in [5.41, 5.74) is 11.8. The van der Waals surface area contributed by atoms with Gasteiger partial charge in [-0.3, -0.25) is 0 Å². The minimum atomic E-state index is -2.17. The summed E-state index contributed by atoms with van der Waals surface area (Å²) in [5, 5.41) is 0. The highest BCUT2D eigenvalue weighted by Gasteiger charge is 2.35. The van der Waals surface area contributed by atoms with E-state index in [1.807, 2.05) is 31.0 Å². The molecule has 2 aromatic carbocycles. The Labute approximate surface area is 203 Å². The quantitative estimate of drug-likeness (QED) is 0.421. The van der Waals surface area contributed by atoms with E-state index in [0.29, 0.717) is 11.6 Å². The number of halogens is 3. The number of nitrogens with zero attached hydrogens (tertiary/aromatic N) is 1. The standard InChI is InChI=1S/C26H35FN2O.C2H4F2/c1-9-22-14-23(12-10-17(22)2)26(7,20(5)29(8)21(6)28)24-13-11-18(3)25(15-24)30-16-19(4)27;1-2(3)4/h10-15,19H,5-6,9,16,28H2,1-4,7-8H3;2H,1H3/t19?,26-;/m0./s1. The number of rotatable bonds is 9. The highest BCUT2D eigenvalue weighted by molar-refractivity contribution is 5.52. The molecular weight excluding hydrogens is 437 g/mol. The minimum absolute atomic E-state index is 0.0198. The molecule has 0 heterocycles. The number of likely N-dealkylation sites (N-methyl/N-ethyl adjacent to an activating group) is 1. The van der Waals surface area contributed by atoms with Gasteiger partial charge in [-0.1, -0.05) is 50.4 Å². The molecule has 2 atom stereocenters. The minimum Gasteiger partial charge on any atom is -0.490 e. The van der Waals surface area contributed by atoms with Crippen LogP contribution < -0.4 is 10.5 Å². The third-order valence-electron chi connectivity index (χ3n) is 5.95. The molecule has 0 radical (unpaired) electrons. The van der Waals surface area contributed by atoms with E-state index in [-0.39, 0.29) is 6.61 Å². The summed E-state index contributed by atoms with van der Waals surface area (Å²) in [6, 6.07) is 12.6. The zero-order valence-corrected chi connectivity index (χ0v) is 21.5. The van der Waals surface area contributed by atoms with Crippen molar-refractivity contribution in [1.29, 1.82) is 0 Å². The van der Waals surface area contributed by atoms with Crippen LogP contribution in [0.4, 0.5) is 13.2 Å². The fraction of sp³-hybridized carbons (Fsp3) is 0.429. The van der Waals surface area contributed by atoms with E-state index in [0.717, 1.165) is 35.7 Å². The molecule has 1 unspecified atom stereocenters. The largest absolute Gasteiger partial charge is 0.490 e. The first-order chi connectivity index (χ1) is 15.7. The monoisotopic (exact) mass is 476 g/mol. The van der Waals surface area contributed by atoms with Crippen molar-refractivity contribution in [3.63, 3.8) is 0 Å². The van der Waals surface area contributed by atoms with Gasteiger partial charge in [0.15, 0.2) is 0 Å². The number of ether oxygens (including phenoxy) is 1. The van der Waals surface area contributed by atoms with Crippen LogP contribution in [-0.2, 0) is 11.8 Å². The van der Waals surface area contributed by atoms with Crippen LogP contribution in [0.3, 0.4) is 0 Å². The van der Waals surface area contributed by atoms with Gasteiger partial charge in [-0.05, 0) is 74.9 Å². The number of nitrogens with two attached hydrogens (primary N) is 1. The van der Waals surface area contributed by atoms with E-state index in [9.17, 15) is 13.2 Å². The van der Waals surface area contributed by atoms with Gasteiger partial charge in [-0.2, -0.15) is 0 Å². The van der Waals surface area contributed by atoms with Crippen molar-refractivity contribution in [1.82, 2.24) is 4.90 Å². The predicted octanol–water partition coefficient (Wildman–Crippen LogP) is 7.06. The molecular formula is C28H39F3N2O. The van der Waals surface area contributed by atoms with Gasteiger partial charge >= 0.3 is 0 Å². The first kappa shape index (κ1) is 29.1.